The Balaban J connectivity index is 1.07. The SMILES string of the molecule is CC(=N)NCCC[C@H](NC(C)=O)C(=O)N[C@@H](CCCCC(=N)N)C(=O)N[C@@H](CCCNC(=N)N)C(=O)N[C@@H](CCCCC(=N)N)C(=O)N[C@@H](CCCNC(=N)N)C(=O)N[C@@H](CCCCC(=N)N)C(=O)NCC(=O)N1C[C@@H](COP(=O)(N(C)C)N2C[C@@H](COP(=O)(N(C)C)N3C[C@@H](COP(C)(=O)N(C)C)O[C@@H](n4cc(C)c(=O)[nH]c4=O)C3)O[C@@H](n3cnc4c(N)ncnc43)C2)O[C@@H](n2cnc3c(=O)[nH]c(N)nc32)C1. The van der Waals surface area contributed by atoms with Crippen LogP contribution in [0, 0.1) is 39.4 Å². The van der Waals surface area contributed by atoms with Gasteiger partial charge in [-0.15, -0.1) is 0 Å². The molecule has 0 aromatic carbocycles. The third-order valence-corrected chi connectivity index (χ3v) is 30.5. The van der Waals surface area contributed by atoms with Crippen LogP contribution in [0.2, 0.25) is 0 Å². The number of ether oxygens (including phenoxy) is 3. The Morgan fingerprint density at radius 3 is 1.30 bits per heavy atom. The molecule has 3 aliphatic heterocycles. The summed E-state index contributed by atoms with van der Waals surface area (Å²) in [5.74, 6) is -8.28. The van der Waals surface area contributed by atoms with Crippen molar-refractivity contribution in [2.24, 2.45) is 28.7 Å². The third-order valence-electron chi connectivity index (χ3n) is 23.4. The number of unbranched alkanes of at least 4 members (excludes halogenated alkanes) is 3. The van der Waals surface area contributed by atoms with Crippen molar-refractivity contribution in [3.8, 4) is 0 Å². The summed E-state index contributed by atoms with van der Waals surface area (Å²) >= 11 is 0. The number of hydrogen-bond acceptors (Lipinski definition) is 33. The predicted molar refractivity (Wildman–Crippen MR) is 528 cm³/mol. The highest BCUT2D eigenvalue weighted by molar-refractivity contribution is 7.55. The minimum Gasteiger partial charge on any atom is -0.388 e. The number of carbonyl (C=O) groups excluding carboxylic acids is 8. The fourth-order valence-corrected chi connectivity index (χ4v) is 20.3. The van der Waals surface area contributed by atoms with E-state index < -0.39 is 192 Å². The molecule has 0 spiro atoms. The van der Waals surface area contributed by atoms with E-state index in [9.17, 15) is 42.9 Å². The van der Waals surface area contributed by atoms with Crippen molar-refractivity contribution in [1.82, 2.24) is 130 Å². The Kier molecular flexibility index (Phi) is 44.0. The van der Waals surface area contributed by atoms with Crippen LogP contribution < -0.4 is 110 Å². The average molecular weight is 2070 g/mol. The second kappa shape index (κ2) is 54.3. The number of morpholine rings is 3. The van der Waals surface area contributed by atoms with Gasteiger partial charge in [0.25, 0.3) is 18.6 Å². The molecule has 0 aliphatic carbocycles. The van der Waals surface area contributed by atoms with Crippen LogP contribution in [-0.2, 0) is 79.8 Å². The fourth-order valence-electron chi connectivity index (χ4n) is 15.6. The Hall–Kier alpha value is -12.4. The number of aryl methyl sites for hydroxylation is 1. The predicted octanol–water partition coefficient (Wildman–Crippen LogP) is -3.69. The van der Waals surface area contributed by atoms with Gasteiger partial charge < -0.3 is 126 Å². The number of rotatable bonds is 58. The number of nitrogens with zero attached hydrogens (tertiary/aromatic N) is 14. The molecule has 3 aliphatic rings. The van der Waals surface area contributed by atoms with Crippen LogP contribution in [0.15, 0.2) is 39.6 Å². The zero-order valence-corrected chi connectivity index (χ0v) is 84.7. The lowest BCUT2D eigenvalue weighted by molar-refractivity contribution is -0.158. The molecule has 62 heteroatoms. The summed E-state index contributed by atoms with van der Waals surface area (Å²) in [5, 5.41) is 73.9. The molecule has 15 atom stereocenters. The Bertz CT molecular complexity index is 5660. The molecular formula is C81H140N39O20P3. The van der Waals surface area contributed by atoms with Gasteiger partial charge in [0, 0.05) is 83.9 Å². The van der Waals surface area contributed by atoms with Gasteiger partial charge in [-0.1, -0.05) is 19.3 Å². The lowest BCUT2D eigenvalue weighted by Crippen LogP contribution is -2.60. The molecule has 0 radical (unpaired) electrons. The van der Waals surface area contributed by atoms with Crippen molar-refractivity contribution in [3.63, 3.8) is 0 Å². The number of nitrogens with one attached hydrogen (secondary N) is 18. The van der Waals surface area contributed by atoms with Gasteiger partial charge in [0.05, 0.1) is 94.2 Å². The number of hydrogen-bond donors (Lipinski definition) is 25. The van der Waals surface area contributed by atoms with Crippen molar-refractivity contribution in [2.75, 3.05) is 146 Å². The average Bonchev–Trinajstić information content (AvgIpc) is 1.35. The number of anilines is 2. The summed E-state index contributed by atoms with van der Waals surface area (Å²) < 4.78 is 95.7. The van der Waals surface area contributed by atoms with Gasteiger partial charge in [-0.25, -0.2) is 48.1 Å². The van der Waals surface area contributed by atoms with E-state index in [1.807, 2.05) is 0 Å². The van der Waals surface area contributed by atoms with Crippen LogP contribution >= 0.6 is 22.9 Å². The largest absolute Gasteiger partial charge is 0.388 e. The number of carbonyl (C=O) groups is 8. The van der Waals surface area contributed by atoms with Crippen molar-refractivity contribution < 1.29 is 79.8 Å². The number of guanidine groups is 2. The van der Waals surface area contributed by atoms with Gasteiger partial charge in [-0.3, -0.25) is 118 Å². The molecule has 3 saturated heterocycles. The first-order chi connectivity index (χ1) is 67.5. The van der Waals surface area contributed by atoms with Crippen molar-refractivity contribution in [3.05, 3.63) is 61.9 Å². The Morgan fingerprint density at radius 2 is 0.874 bits per heavy atom. The Morgan fingerprint density at radius 1 is 0.476 bits per heavy atom. The van der Waals surface area contributed by atoms with Crippen molar-refractivity contribution in [2.45, 2.75) is 210 Å². The monoisotopic (exact) mass is 2070 g/mol. The minimum atomic E-state index is -4.48. The smallest absolute Gasteiger partial charge is 0.345 e. The first-order valence-corrected chi connectivity index (χ1v) is 51.5. The van der Waals surface area contributed by atoms with Gasteiger partial charge in [0.1, 0.15) is 60.4 Å². The topological polar surface area (TPSA) is 870 Å². The van der Waals surface area contributed by atoms with E-state index in [1.54, 1.807) is 14.1 Å². The first-order valence-electron chi connectivity index (χ1n) is 46.4. The quantitative estimate of drug-likeness (QED) is 0.00771. The van der Waals surface area contributed by atoms with Gasteiger partial charge in [0.15, 0.2) is 47.0 Å². The second-order valence-corrected chi connectivity index (χ2v) is 43.4. The molecule has 8 amide bonds. The fraction of sp³-hybridized carbons (Fsp3) is 0.654. The number of amides is 8. The zero-order chi connectivity index (χ0) is 105. The van der Waals surface area contributed by atoms with E-state index in [2.05, 4.69) is 88.1 Å². The number of H-pyrrole nitrogens is 2. The molecular weight excluding hydrogens is 1930 g/mol. The standard InChI is InChI=1S/C81H140N39O20P3/c1-46-33-118(81(131)111-70(46)123)63-38-116(35-50(139-63)40-135-141(10,132)112(4)5)142(133,113(6)7)137-42-51-36-117(39-64(140-51)119-44-101-65-67(89)99-43-100-68(65)119)143(134,114(8)9)136-41-49-34-115(37-62(138-49)120-45-102-66-69(120)109-80(94)110-77(66)130)61(122)32-98-71(124)52(20-11-14-26-58(83)84)104-75(128)56(24-18-30-96-78(90)91)107-74(127)55(22-13-16-28-60(87)88)106-76(129)57(25-19-31-97-79(92)93)108-73(126)54(21-12-15-27-59(85)86)105-72(125)53(103-48(3)121)23-17-29-95-47(2)82/h33,43-45,49-57,62-64H,11-32,34-42H2,1-10H3,(H2,82,95)(H3,83,84)(H3,85,86)(H3,87,88)(H,98,124)(H,103,121)(H,104,128)(H,105,125)(H,106,129)(H,107,127)(H,108,126)(H2,89,99,100)(H4,90,91,96)(H4,92,93,97)(H,111,123,131)(H3,94,109,110,130)/t49-,50-,51-,52-,53-,54-,55-,56-,57-,62+,63+,64+,141?,142?,143?/m0/s1. The number of nitrogen functional groups attached to an aromatic ring is 2. The number of fused-ring (bicyclic) bond motifs is 2. The summed E-state index contributed by atoms with van der Waals surface area (Å²) in [4.78, 5) is 184. The lowest BCUT2D eigenvalue weighted by atomic mass is 10.0. The molecule has 5 aromatic heterocycles. The van der Waals surface area contributed by atoms with E-state index in [0.717, 1.165) is 4.57 Å². The van der Waals surface area contributed by atoms with E-state index in [1.165, 1.54) is 118 Å². The molecule has 3 fully saturated rings. The lowest BCUT2D eigenvalue weighted by Gasteiger charge is -2.45. The van der Waals surface area contributed by atoms with Crippen LogP contribution in [0.4, 0.5) is 11.8 Å². The minimum absolute atomic E-state index is 0.0122. The maximum absolute atomic E-state index is 16.4. The first kappa shape index (κ1) is 116. The van der Waals surface area contributed by atoms with Crippen LogP contribution in [0.3, 0.4) is 0 Å². The zero-order valence-electron chi connectivity index (χ0n) is 82.0. The highest BCUT2D eigenvalue weighted by atomic mass is 31.2. The second-order valence-electron chi connectivity index (χ2n) is 35.5. The molecule has 5 aromatic rings. The third kappa shape index (κ3) is 34.7. The summed E-state index contributed by atoms with van der Waals surface area (Å²) in [5.41, 5.74) is 38.8. The van der Waals surface area contributed by atoms with Gasteiger partial charge >= 0.3 is 21.0 Å². The van der Waals surface area contributed by atoms with E-state index in [-0.39, 0.29) is 231 Å². The number of nitrogens with two attached hydrogens (primary N) is 7. The van der Waals surface area contributed by atoms with Crippen LogP contribution in [0.5, 0.6) is 0 Å². The van der Waals surface area contributed by atoms with Crippen molar-refractivity contribution in [1.29, 1.82) is 32.5 Å². The summed E-state index contributed by atoms with van der Waals surface area (Å²) in [6.45, 7) is 1.90. The summed E-state index contributed by atoms with van der Waals surface area (Å²) in [7, 11) is -3.17. The normalized spacial score (nSPS) is 19.4. The number of aromatic amines is 2. The van der Waals surface area contributed by atoms with Crippen molar-refractivity contribution >= 4 is 139 Å². The molecule has 794 valence electrons. The molecule has 32 N–H and O–H groups in total. The number of aromatic nitrogens is 10. The maximum Gasteiger partial charge on any atom is 0.345 e. The van der Waals surface area contributed by atoms with Gasteiger partial charge in [0.2, 0.25) is 53.2 Å². The number of amidine groups is 4. The molecule has 0 bridgehead atoms. The molecule has 8 heterocycles. The van der Waals surface area contributed by atoms with E-state index in [0.29, 0.717) is 12.8 Å². The van der Waals surface area contributed by atoms with Gasteiger partial charge in [-0.05, 0) is 133 Å². The molecule has 8 rings (SSSR count). The van der Waals surface area contributed by atoms with Crippen LogP contribution in [0.1, 0.15) is 154 Å². The van der Waals surface area contributed by atoms with E-state index >= 15 is 23.5 Å². The molecule has 3 unspecified atom stereocenters. The molecule has 59 nitrogen and oxygen atoms in total. The van der Waals surface area contributed by atoms with Crippen LogP contribution in [-0.4, -0.2) is 348 Å². The number of imidazole rings is 2. The molecule has 143 heavy (non-hydrogen) atoms. The van der Waals surface area contributed by atoms with Crippen LogP contribution in [0.25, 0.3) is 22.3 Å². The highest BCUT2D eigenvalue weighted by Crippen LogP contribution is 2.57. The molecule has 0 saturated carbocycles. The maximum atomic E-state index is 16.4. The highest BCUT2D eigenvalue weighted by Gasteiger charge is 2.48. The summed E-state index contributed by atoms with van der Waals surface area (Å²) in [6, 6.07) is -8.68. The van der Waals surface area contributed by atoms with E-state index in [4.69, 9.17) is 100 Å². The van der Waals surface area contributed by atoms with Gasteiger partial charge in [-0.2, -0.15) is 4.98 Å². The summed E-state index contributed by atoms with van der Waals surface area (Å²) in [6.07, 6.45) is -0.911. The Labute approximate surface area is 824 Å².